The normalized spacial score (nSPS) is 12.0. The van der Waals surface area contributed by atoms with Gasteiger partial charge in [0.1, 0.15) is 0 Å². The molecule has 0 bridgehead atoms. The number of unbranched alkanes of at least 4 members (excludes halogenated alkanes) is 3. The van der Waals surface area contributed by atoms with Crippen LogP contribution in [-0.4, -0.2) is 35.5 Å². The fourth-order valence-electron chi connectivity index (χ4n) is 1.54. The van der Waals surface area contributed by atoms with Crippen molar-refractivity contribution in [2.45, 2.75) is 58.0 Å². The SMILES string of the molecule is CCC(O)(CC)CNCCCCCCO. The van der Waals surface area contributed by atoms with E-state index >= 15 is 0 Å². The van der Waals surface area contributed by atoms with Gasteiger partial charge < -0.3 is 15.5 Å². The first-order valence-corrected chi connectivity index (χ1v) is 6.22. The molecular weight excluding hydrogens is 190 g/mol. The highest BCUT2D eigenvalue weighted by molar-refractivity contribution is 4.77. The van der Waals surface area contributed by atoms with E-state index in [2.05, 4.69) is 5.32 Å². The average Bonchev–Trinajstić information content (AvgIpc) is 2.27. The summed E-state index contributed by atoms with van der Waals surface area (Å²) < 4.78 is 0. The Morgan fingerprint density at radius 2 is 1.60 bits per heavy atom. The van der Waals surface area contributed by atoms with Gasteiger partial charge in [0.25, 0.3) is 0 Å². The predicted molar refractivity (Wildman–Crippen MR) is 64.0 cm³/mol. The van der Waals surface area contributed by atoms with Crippen LogP contribution in [0.15, 0.2) is 0 Å². The van der Waals surface area contributed by atoms with Crippen molar-refractivity contribution in [1.82, 2.24) is 5.32 Å². The third-order valence-corrected chi connectivity index (χ3v) is 3.03. The lowest BCUT2D eigenvalue weighted by molar-refractivity contribution is 0.0327. The van der Waals surface area contributed by atoms with Crippen molar-refractivity contribution >= 4 is 0 Å². The van der Waals surface area contributed by atoms with Crippen molar-refractivity contribution < 1.29 is 10.2 Å². The summed E-state index contributed by atoms with van der Waals surface area (Å²) in [7, 11) is 0. The summed E-state index contributed by atoms with van der Waals surface area (Å²) in [5, 5.41) is 21.9. The summed E-state index contributed by atoms with van der Waals surface area (Å²) in [5.74, 6) is 0. The minimum Gasteiger partial charge on any atom is -0.396 e. The highest BCUT2D eigenvalue weighted by Gasteiger charge is 2.20. The average molecular weight is 217 g/mol. The van der Waals surface area contributed by atoms with Crippen LogP contribution in [0.3, 0.4) is 0 Å². The molecule has 0 rings (SSSR count). The Balaban J connectivity index is 3.29. The monoisotopic (exact) mass is 217 g/mol. The van der Waals surface area contributed by atoms with Gasteiger partial charge in [0.15, 0.2) is 0 Å². The summed E-state index contributed by atoms with van der Waals surface area (Å²) in [4.78, 5) is 0. The molecule has 0 atom stereocenters. The number of aliphatic hydroxyl groups excluding tert-OH is 1. The molecule has 0 spiro atoms. The molecule has 0 heterocycles. The lowest BCUT2D eigenvalue weighted by Gasteiger charge is -2.25. The van der Waals surface area contributed by atoms with Gasteiger partial charge in [-0.25, -0.2) is 0 Å². The second kappa shape index (κ2) is 9.13. The smallest absolute Gasteiger partial charge is 0.0766 e. The first-order chi connectivity index (χ1) is 7.18. The summed E-state index contributed by atoms with van der Waals surface area (Å²) in [6.45, 7) is 6.01. The van der Waals surface area contributed by atoms with Crippen molar-refractivity contribution in [3.05, 3.63) is 0 Å². The molecule has 0 aliphatic heterocycles. The summed E-state index contributed by atoms with van der Waals surface area (Å²) in [5.41, 5.74) is -0.523. The van der Waals surface area contributed by atoms with Gasteiger partial charge in [-0.15, -0.1) is 0 Å². The van der Waals surface area contributed by atoms with Crippen LogP contribution in [0.4, 0.5) is 0 Å². The van der Waals surface area contributed by atoms with Crippen LogP contribution in [0.5, 0.6) is 0 Å². The van der Waals surface area contributed by atoms with Gasteiger partial charge in [-0.05, 0) is 32.2 Å². The van der Waals surface area contributed by atoms with Gasteiger partial charge in [0.05, 0.1) is 5.60 Å². The predicted octanol–water partition coefficient (Wildman–Crippen LogP) is 1.68. The molecule has 0 aromatic heterocycles. The van der Waals surface area contributed by atoms with Crippen LogP contribution in [-0.2, 0) is 0 Å². The molecule has 0 unspecified atom stereocenters. The molecule has 0 aromatic carbocycles. The first-order valence-electron chi connectivity index (χ1n) is 6.22. The van der Waals surface area contributed by atoms with E-state index in [4.69, 9.17) is 5.11 Å². The highest BCUT2D eigenvalue weighted by atomic mass is 16.3. The molecule has 3 nitrogen and oxygen atoms in total. The third kappa shape index (κ3) is 7.77. The number of hydrogen-bond donors (Lipinski definition) is 3. The van der Waals surface area contributed by atoms with E-state index in [9.17, 15) is 5.11 Å². The van der Waals surface area contributed by atoms with Crippen LogP contribution >= 0.6 is 0 Å². The minimum atomic E-state index is -0.523. The van der Waals surface area contributed by atoms with E-state index in [-0.39, 0.29) is 0 Å². The Morgan fingerprint density at radius 1 is 1.00 bits per heavy atom. The van der Waals surface area contributed by atoms with Gasteiger partial charge >= 0.3 is 0 Å². The van der Waals surface area contributed by atoms with E-state index in [1.54, 1.807) is 0 Å². The van der Waals surface area contributed by atoms with Crippen molar-refractivity contribution in [3.63, 3.8) is 0 Å². The molecule has 0 saturated carbocycles. The highest BCUT2D eigenvalue weighted by Crippen LogP contribution is 2.12. The number of rotatable bonds is 10. The zero-order chi connectivity index (χ0) is 11.6. The van der Waals surface area contributed by atoms with Crippen LogP contribution in [0, 0.1) is 0 Å². The Kier molecular flexibility index (Phi) is 9.06. The summed E-state index contributed by atoms with van der Waals surface area (Å²) in [6, 6.07) is 0. The van der Waals surface area contributed by atoms with Gasteiger partial charge in [-0.1, -0.05) is 26.7 Å². The van der Waals surface area contributed by atoms with E-state index in [1.165, 1.54) is 0 Å². The van der Waals surface area contributed by atoms with Gasteiger partial charge in [-0.2, -0.15) is 0 Å². The zero-order valence-corrected chi connectivity index (χ0v) is 10.3. The van der Waals surface area contributed by atoms with Crippen molar-refractivity contribution in [2.24, 2.45) is 0 Å². The zero-order valence-electron chi connectivity index (χ0n) is 10.3. The lowest BCUT2D eigenvalue weighted by Crippen LogP contribution is -2.39. The standard InChI is InChI=1S/C12H27NO2/c1-3-12(15,4-2)11-13-9-7-5-6-8-10-14/h13-15H,3-11H2,1-2H3. The molecular formula is C12H27NO2. The molecule has 3 N–H and O–H groups in total. The molecule has 0 aromatic rings. The maximum Gasteiger partial charge on any atom is 0.0766 e. The number of aliphatic hydroxyl groups is 2. The quantitative estimate of drug-likeness (QED) is 0.488. The largest absolute Gasteiger partial charge is 0.396 e. The number of nitrogens with one attached hydrogen (secondary N) is 1. The van der Waals surface area contributed by atoms with Gasteiger partial charge in [0.2, 0.25) is 0 Å². The second-order valence-electron chi connectivity index (χ2n) is 4.25. The summed E-state index contributed by atoms with van der Waals surface area (Å²) >= 11 is 0. The molecule has 0 aliphatic rings. The Bertz CT molecular complexity index is 136. The third-order valence-electron chi connectivity index (χ3n) is 3.03. The van der Waals surface area contributed by atoms with E-state index < -0.39 is 5.60 Å². The second-order valence-corrected chi connectivity index (χ2v) is 4.25. The summed E-state index contributed by atoms with van der Waals surface area (Å²) in [6.07, 6.45) is 5.91. The molecule has 0 fully saturated rings. The molecule has 0 amide bonds. The Morgan fingerprint density at radius 3 is 2.13 bits per heavy atom. The van der Waals surface area contributed by atoms with Crippen molar-refractivity contribution in [3.8, 4) is 0 Å². The molecule has 0 radical (unpaired) electrons. The molecule has 3 heteroatoms. The molecule has 92 valence electrons. The molecule has 0 aliphatic carbocycles. The minimum absolute atomic E-state index is 0.304. The fraction of sp³-hybridized carbons (Fsp3) is 1.00. The van der Waals surface area contributed by atoms with Crippen molar-refractivity contribution in [1.29, 1.82) is 0 Å². The Hall–Kier alpha value is -0.120. The van der Waals surface area contributed by atoms with Crippen LogP contribution in [0.1, 0.15) is 52.4 Å². The fourth-order valence-corrected chi connectivity index (χ4v) is 1.54. The van der Waals surface area contributed by atoms with Gasteiger partial charge in [-0.3, -0.25) is 0 Å². The first kappa shape index (κ1) is 14.9. The van der Waals surface area contributed by atoms with Crippen LogP contribution in [0.25, 0.3) is 0 Å². The van der Waals surface area contributed by atoms with E-state index in [0.29, 0.717) is 13.2 Å². The molecule has 15 heavy (non-hydrogen) atoms. The molecule has 0 saturated heterocycles. The van der Waals surface area contributed by atoms with Gasteiger partial charge in [0, 0.05) is 13.2 Å². The van der Waals surface area contributed by atoms with Crippen LogP contribution < -0.4 is 5.32 Å². The maximum atomic E-state index is 9.97. The number of hydrogen-bond acceptors (Lipinski definition) is 3. The van der Waals surface area contributed by atoms with Crippen molar-refractivity contribution in [2.75, 3.05) is 19.7 Å². The van der Waals surface area contributed by atoms with E-state index in [1.807, 2.05) is 13.8 Å². The topological polar surface area (TPSA) is 52.5 Å². The lowest BCUT2D eigenvalue weighted by atomic mass is 9.97. The van der Waals surface area contributed by atoms with Crippen LogP contribution in [0.2, 0.25) is 0 Å². The Labute approximate surface area is 93.9 Å². The van der Waals surface area contributed by atoms with E-state index in [0.717, 1.165) is 45.1 Å². The maximum absolute atomic E-state index is 9.97.